The summed E-state index contributed by atoms with van der Waals surface area (Å²) in [7, 11) is 0. The van der Waals surface area contributed by atoms with Crippen molar-refractivity contribution in [3.8, 4) is 11.1 Å². The molecular weight excluding hydrogens is 424 g/mol. The molecule has 0 amide bonds. The van der Waals surface area contributed by atoms with Crippen LogP contribution in [0.4, 0.5) is 0 Å². The van der Waals surface area contributed by atoms with Crippen molar-refractivity contribution in [2.75, 3.05) is 0 Å². The molecule has 0 N–H and O–H groups in total. The predicted octanol–water partition coefficient (Wildman–Crippen LogP) is 7.10. The lowest BCUT2D eigenvalue weighted by Crippen LogP contribution is -2.10. The number of fused-ring (bicyclic) bond motifs is 3. The summed E-state index contributed by atoms with van der Waals surface area (Å²) in [6.45, 7) is 13.0. The van der Waals surface area contributed by atoms with Gasteiger partial charge in [-0.05, 0) is 63.8 Å². The molecule has 1 unspecified atom stereocenters. The van der Waals surface area contributed by atoms with Crippen molar-refractivity contribution in [2.24, 2.45) is 0 Å². The molecule has 3 heterocycles. The summed E-state index contributed by atoms with van der Waals surface area (Å²) < 4.78 is 5.57. The second-order valence-electron chi connectivity index (χ2n) is 8.14. The Morgan fingerprint density at radius 1 is 1.03 bits per heavy atom. The van der Waals surface area contributed by atoms with E-state index in [1.165, 1.54) is 34.9 Å². The lowest BCUT2D eigenvalue weighted by atomic mass is 9.99. The third-order valence-electron chi connectivity index (χ3n) is 5.96. The van der Waals surface area contributed by atoms with Gasteiger partial charge in [0.2, 0.25) is 0 Å². The first kappa shape index (κ1) is 20.1. The van der Waals surface area contributed by atoms with E-state index in [4.69, 9.17) is 10.1 Å². The largest absolute Gasteiger partial charge is 0.329 e. The Labute approximate surface area is 181 Å². The van der Waals surface area contributed by atoms with Crippen LogP contribution in [0.15, 0.2) is 28.9 Å². The fraction of sp³-hybridized carbons (Fsp3) is 0.417. The van der Waals surface area contributed by atoms with Gasteiger partial charge in [0.1, 0.15) is 5.65 Å². The molecule has 0 aliphatic heterocycles. The van der Waals surface area contributed by atoms with Gasteiger partial charge in [0, 0.05) is 27.7 Å². The molecule has 1 atom stereocenters. The molecule has 0 spiro atoms. The standard InChI is InChI=1S/C24H29BrN4/c1-7-9-18(8-2)28-11-10-19-16(5)26-23-22(17(6)27-29(23)24(19)28)21-15(4)12-14(3)13-20(21)25/h10-13,18H,7-9H2,1-6H3. The van der Waals surface area contributed by atoms with Gasteiger partial charge >= 0.3 is 0 Å². The molecule has 1 aromatic carbocycles. The zero-order valence-electron chi connectivity index (χ0n) is 18.2. The van der Waals surface area contributed by atoms with Crippen LogP contribution in [-0.4, -0.2) is 19.2 Å². The highest BCUT2D eigenvalue weighted by Gasteiger charge is 2.22. The van der Waals surface area contributed by atoms with Crippen LogP contribution in [-0.2, 0) is 0 Å². The highest BCUT2D eigenvalue weighted by atomic mass is 79.9. The second-order valence-corrected chi connectivity index (χ2v) is 9.00. The van der Waals surface area contributed by atoms with E-state index in [1.807, 2.05) is 0 Å². The number of aryl methyl sites for hydroxylation is 4. The van der Waals surface area contributed by atoms with Crippen molar-refractivity contribution in [3.05, 3.63) is 51.4 Å². The number of rotatable bonds is 5. The summed E-state index contributed by atoms with van der Waals surface area (Å²) >= 11 is 3.80. The average Bonchev–Trinajstić information content (AvgIpc) is 3.22. The highest BCUT2D eigenvalue weighted by molar-refractivity contribution is 9.10. The molecule has 0 aliphatic carbocycles. The van der Waals surface area contributed by atoms with Crippen LogP contribution >= 0.6 is 15.9 Å². The van der Waals surface area contributed by atoms with Gasteiger partial charge in [-0.2, -0.15) is 9.61 Å². The van der Waals surface area contributed by atoms with Crippen molar-refractivity contribution < 1.29 is 0 Å². The second kappa shape index (κ2) is 7.60. The van der Waals surface area contributed by atoms with Gasteiger partial charge < -0.3 is 4.57 Å². The summed E-state index contributed by atoms with van der Waals surface area (Å²) in [5.41, 5.74) is 8.95. The highest BCUT2D eigenvalue weighted by Crippen LogP contribution is 2.38. The van der Waals surface area contributed by atoms with Gasteiger partial charge in [0.15, 0.2) is 5.65 Å². The van der Waals surface area contributed by atoms with E-state index >= 15 is 0 Å². The molecule has 0 saturated carbocycles. The summed E-state index contributed by atoms with van der Waals surface area (Å²) in [6, 6.07) is 7.07. The van der Waals surface area contributed by atoms with Crippen LogP contribution in [0, 0.1) is 27.7 Å². The van der Waals surface area contributed by atoms with Gasteiger partial charge in [-0.1, -0.05) is 42.3 Å². The molecule has 0 radical (unpaired) electrons. The first-order chi connectivity index (χ1) is 13.9. The van der Waals surface area contributed by atoms with Crippen molar-refractivity contribution in [1.82, 2.24) is 19.2 Å². The van der Waals surface area contributed by atoms with Crippen molar-refractivity contribution in [1.29, 1.82) is 0 Å². The molecular formula is C24H29BrN4. The molecule has 5 heteroatoms. The van der Waals surface area contributed by atoms with Crippen LogP contribution in [0.5, 0.6) is 0 Å². The summed E-state index contributed by atoms with van der Waals surface area (Å²) in [6.07, 6.45) is 5.66. The van der Waals surface area contributed by atoms with E-state index < -0.39 is 0 Å². The minimum atomic E-state index is 0.475. The monoisotopic (exact) mass is 452 g/mol. The van der Waals surface area contributed by atoms with Gasteiger partial charge in [0.05, 0.1) is 17.0 Å². The van der Waals surface area contributed by atoms with Crippen LogP contribution < -0.4 is 0 Å². The zero-order chi connectivity index (χ0) is 20.9. The maximum atomic E-state index is 5.02. The van der Waals surface area contributed by atoms with Gasteiger partial charge in [-0.25, -0.2) is 4.98 Å². The Morgan fingerprint density at radius 2 is 1.79 bits per heavy atom. The molecule has 4 rings (SSSR count). The molecule has 0 bridgehead atoms. The molecule has 29 heavy (non-hydrogen) atoms. The fourth-order valence-electron chi connectivity index (χ4n) is 4.62. The molecule has 152 valence electrons. The number of hydrogen-bond donors (Lipinski definition) is 0. The SMILES string of the molecule is CCCC(CC)n1ccc2c(C)nc3c(-c4c(C)cc(C)cc4Br)c(C)nn3c21. The first-order valence-corrected chi connectivity index (χ1v) is 11.3. The Kier molecular flexibility index (Phi) is 5.28. The van der Waals surface area contributed by atoms with Gasteiger partial charge in [0.25, 0.3) is 0 Å². The average molecular weight is 453 g/mol. The third-order valence-corrected chi connectivity index (χ3v) is 6.58. The molecule has 4 nitrogen and oxygen atoms in total. The first-order valence-electron chi connectivity index (χ1n) is 10.5. The maximum Gasteiger partial charge on any atom is 0.165 e. The quantitative estimate of drug-likeness (QED) is 0.323. The van der Waals surface area contributed by atoms with E-state index in [9.17, 15) is 0 Å². The molecule has 0 fully saturated rings. The number of benzene rings is 1. The summed E-state index contributed by atoms with van der Waals surface area (Å²) in [5, 5.41) is 6.17. The van der Waals surface area contributed by atoms with E-state index in [-0.39, 0.29) is 0 Å². The summed E-state index contributed by atoms with van der Waals surface area (Å²) in [5.74, 6) is 0. The topological polar surface area (TPSA) is 35.1 Å². The minimum Gasteiger partial charge on any atom is -0.329 e. The molecule has 3 aromatic heterocycles. The lowest BCUT2D eigenvalue weighted by Gasteiger charge is -2.18. The van der Waals surface area contributed by atoms with Crippen molar-refractivity contribution >= 4 is 32.6 Å². The van der Waals surface area contributed by atoms with Crippen LogP contribution in [0.25, 0.3) is 27.8 Å². The fourth-order valence-corrected chi connectivity index (χ4v) is 5.49. The van der Waals surface area contributed by atoms with Crippen LogP contribution in [0.2, 0.25) is 0 Å². The van der Waals surface area contributed by atoms with E-state index in [0.29, 0.717) is 6.04 Å². The van der Waals surface area contributed by atoms with Gasteiger partial charge in [-0.3, -0.25) is 0 Å². The molecule has 0 aliphatic rings. The van der Waals surface area contributed by atoms with Crippen LogP contribution in [0.3, 0.4) is 0 Å². The maximum absolute atomic E-state index is 5.02. The van der Waals surface area contributed by atoms with Crippen LogP contribution in [0.1, 0.15) is 61.7 Å². The normalized spacial score (nSPS) is 12.9. The Balaban J connectivity index is 2.08. The van der Waals surface area contributed by atoms with E-state index in [2.05, 4.69) is 91.0 Å². The number of hydrogen-bond acceptors (Lipinski definition) is 2. The lowest BCUT2D eigenvalue weighted by molar-refractivity contribution is 0.456. The van der Waals surface area contributed by atoms with E-state index in [1.54, 1.807) is 0 Å². The number of nitrogens with zero attached hydrogens (tertiary/aromatic N) is 4. The Morgan fingerprint density at radius 3 is 2.45 bits per heavy atom. The molecule has 0 saturated heterocycles. The smallest absolute Gasteiger partial charge is 0.165 e. The third kappa shape index (κ3) is 3.20. The Hall–Kier alpha value is -2.14. The number of aromatic nitrogens is 4. The minimum absolute atomic E-state index is 0.475. The zero-order valence-corrected chi connectivity index (χ0v) is 19.8. The van der Waals surface area contributed by atoms with Gasteiger partial charge in [-0.15, -0.1) is 0 Å². The summed E-state index contributed by atoms with van der Waals surface area (Å²) in [4.78, 5) is 5.02. The predicted molar refractivity (Wildman–Crippen MR) is 125 cm³/mol. The molecule has 4 aromatic rings. The van der Waals surface area contributed by atoms with Crippen molar-refractivity contribution in [3.63, 3.8) is 0 Å². The van der Waals surface area contributed by atoms with Crippen molar-refractivity contribution in [2.45, 2.75) is 66.8 Å². The number of halogens is 1. The van der Waals surface area contributed by atoms with E-state index in [0.717, 1.165) is 39.1 Å². The Bertz CT molecular complexity index is 1190.